The van der Waals surface area contributed by atoms with E-state index in [0.717, 1.165) is 17.3 Å². The third-order valence-electron chi connectivity index (χ3n) is 5.08. The summed E-state index contributed by atoms with van der Waals surface area (Å²) in [5, 5.41) is 7.12. The summed E-state index contributed by atoms with van der Waals surface area (Å²) >= 11 is 0. The number of alkyl halides is 2. The fourth-order valence-electron chi connectivity index (χ4n) is 3.64. The standard InChI is InChI=1S/C22H20F2N4O2/c1-2-27-21-16(13-25-28(21)17-9-4-3-5-10-17)12-18(22(27)30)26-20(29)15-8-6-7-14(11-15)19(23)24/h3-11,13,18-19H,2,12H2,1H3,(H,26,29). The van der Waals surface area contributed by atoms with E-state index in [1.165, 1.54) is 18.2 Å². The van der Waals surface area contributed by atoms with Crippen LogP contribution < -0.4 is 10.2 Å². The van der Waals surface area contributed by atoms with E-state index in [2.05, 4.69) is 10.4 Å². The molecule has 0 saturated heterocycles. The summed E-state index contributed by atoms with van der Waals surface area (Å²) in [6.07, 6.45) is -0.706. The molecule has 1 aromatic heterocycles. The number of hydrogen-bond acceptors (Lipinski definition) is 3. The van der Waals surface area contributed by atoms with Gasteiger partial charge in [-0.25, -0.2) is 13.5 Å². The summed E-state index contributed by atoms with van der Waals surface area (Å²) in [4.78, 5) is 27.3. The molecule has 6 nitrogen and oxygen atoms in total. The highest BCUT2D eigenvalue weighted by Gasteiger charge is 2.36. The van der Waals surface area contributed by atoms with Gasteiger partial charge in [0.1, 0.15) is 11.9 Å². The first-order chi connectivity index (χ1) is 14.5. The molecule has 4 rings (SSSR count). The van der Waals surface area contributed by atoms with E-state index in [1.807, 2.05) is 37.3 Å². The number of nitrogens with zero attached hydrogens (tertiary/aromatic N) is 3. The molecule has 2 heterocycles. The van der Waals surface area contributed by atoms with Gasteiger partial charge in [-0.05, 0) is 31.2 Å². The Bertz CT molecular complexity index is 1080. The molecule has 1 N–H and O–H groups in total. The third kappa shape index (κ3) is 3.56. The normalized spacial score (nSPS) is 15.9. The van der Waals surface area contributed by atoms with Gasteiger partial charge in [0.15, 0.2) is 0 Å². The molecule has 0 bridgehead atoms. The topological polar surface area (TPSA) is 67.2 Å². The SMILES string of the molecule is CCN1C(=O)C(NC(=O)c2cccc(C(F)F)c2)Cc2cnn(-c3ccccc3)c21. The minimum atomic E-state index is -2.67. The number of carbonyl (C=O) groups is 2. The second-order valence-electron chi connectivity index (χ2n) is 6.98. The molecule has 1 atom stereocenters. The lowest BCUT2D eigenvalue weighted by Gasteiger charge is -2.32. The van der Waals surface area contributed by atoms with Gasteiger partial charge < -0.3 is 5.32 Å². The van der Waals surface area contributed by atoms with Crippen LogP contribution >= 0.6 is 0 Å². The molecule has 30 heavy (non-hydrogen) atoms. The maximum absolute atomic E-state index is 13.1. The molecule has 0 spiro atoms. The molecule has 2 amide bonds. The molecule has 1 aliphatic heterocycles. The summed E-state index contributed by atoms with van der Waals surface area (Å²) in [5.74, 6) is -0.147. The molecule has 0 saturated carbocycles. The molecule has 0 fully saturated rings. The lowest BCUT2D eigenvalue weighted by molar-refractivity contribution is -0.120. The molecule has 8 heteroatoms. The highest BCUT2D eigenvalue weighted by molar-refractivity contribution is 6.04. The van der Waals surface area contributed by atoms with Crippen LogP contribution in [0.3, 0.4) is 0 Å². The van der Waals surface area contributed by atoms with Gasteiger partial charge in [0.05, 0.1) is 11.9 Å². The van der Waals surface area contributed by atoms with Gasteiger partial charge in [0, 0.05) is 29.7 Å². The van der Waals surface area contributed by atoms with E-state index >= 15 is 0 Å². The molecule has 3 aromatic rings. The summed E-state index contributed by atoms with van der Waals surface area (Å²) in [6.45, 7) is 2.25. The van der Waals surface area contributed by atoms with E-state index in [1.54, 1.807) is 15.8 Å². The van der Waals surface area contributed by atoms with Crippen LogP contribution in [0.1, 0.15) is 34.8 Å². The van der Waals surface area contributed by atoms with Crippen LogP contribution in [0.15, 0.2) is 60.8 Å². The minimum Gasteiger partial charge on any atom is -0.340 e. The second kappa shape index (κ2) is 8.06. The number of nitrogens with one attached hydrogen (secondary N) is 1. The van der Waals surface area contributed by atoms with E-state index in [-0.39, 0.29) is 23.5 Å². The van der Waals surface area contributed by atoms with Crippen molar-refractivity contribution >= 4 is 17.6 Å². The maximum Gasteiger partial charge on any atom is 0.263 e. The Morgan fingerprint density at radius 1 is 1.20 bits per heavy atom. The van der Waals surface area contributed by atoms with Crippen molar-refractivity contribution in [1.82, 2.24) is 15.1 Å². The van der Waals surface area contributed by atoms with Crippen LogP contribution in [0.5, 0.6) is 0 Å². The Hall–Kier alpha value is -3.55. The van der Waals surface area contributed by atoms with Gasteiger partial charge >= 0.3 is 0 Å². The number of anilines is 1. The number of carbonyl (C=O) groups excluding carboxylic acids is 2. The van der Waals surface area contributed by atoms with Crippen molar-refractivity contribution in [3.05, 3.63) is 77.5 Å². The fraction of sp³-hybridized carbons (Fsp3) is 0.227. The van der Waals surface area contributed by atoms with Gasteiger partial charge in [-0.3, -0.25) is 14.5 Å². The van der Waals surface area contributed by atoms with Gasteiger partial charge in [-0.2, -0.15) is 5.10 Å². The lowest BCUT2D eigenvalue weighted by Crippen LogP contribution is -2.53. The quantitative estimate of drug-likeness (QED) is 0.700. The van der Waals surface area contributed by atoms with Crippen molar-refractivity contribution in [3.63, 3.8) is 0 Å². The van der Waals surface area contributed by atoms with Gasteiger partial charge in [-0.15, -0.1) is 0 Å². The minimum absolute atomic E-state index is 0.0921. The van der Waals surface area contributed by atoms with Crippen molar-refractivity contribution in [2.45, 2.75) is 25.8 Å². The van der Waals surface area contributed by atoms with Crippen molar-refractivity contribution in [2.75, 3.05) is 11.4 Å². The van der Waals surface area contributed by atoms with Gasteiger partial charge in [-0.1, -0.05) is 30.3 Å². The molecular formula is C22H20F2N4O2. The molecule has 2 aromatic carbocycles. The number of amides is 2. The molecular weight excluding hydrogens is 390 g/mol. The Kier molecular flexibility index (Phi) is 5.31. The van der Waals surface area contributed by atoms with Crippen molar-refractivity contribution in [2.24, 2.45) is 0 Å². The van der Waals surface area contributed by atoms with Crippen molar-refractivity contribution < 1.29 is 18.4 Å². The number of halogens is 2. The summed E-state index contributed by atoms with van der Waals surface area (Å²) in [5.41, 5.74) is 1.51. The van der Waals surface area contributed by atoms with Crippen molar-refractivity contribution in [3.8, 4) is 5.69 Å². The Balaban J connectivity index is 1.61. The number of hydrogen-bond donors (Lipinski definition) is 1. The van der Waals surface area contributed by atoms with Crippen molar-refractivity contribution in [1.29, 1.82) is 0 Å². The number of aromatic nitrogens is 2. The Labute approximate surface area is 172 Å². The third-order valence-corrected chi connectivity index (χ3v) is 5.08. The predicted octanol–water partition coefficient (Wildman–Crippen LogP) is 3.52. The molecule has 0 aliphatic carbocycles. The number of benzene rings is 2. The van der Waals surface area contributed by atoms with Crippen LogP contribution in [0, 0.1) is 0 Å². The lowest BCUT2D eigenvalue weighted by atomic mass is 10.0. The monoisotopic (exact) mass is 410 g/mol. The van der Waals surface area contributed by atoms with Crippen LogP contribution in [0.25, 0.3) is 5.69 Å². The number of rotatable bonds is 5. The molecule has 1 aliphatic rings. The van der Waals surface area contributed by atoms with Crippen LogP contribution in [-0.4, -0.2) is 34.2 Å². The van der Waals surface area contributed by atoms with E-state index in [0.29, 0.717) is 12.4 Å². The highest BCUT2D eigenvalue weighted by Crippen LogP contribution is 2.30. The zero-order valence-corrected chi connectivity index (χ0v) is 16.3. The average Bonchev–Trinajstić information content (AvgIpc) is 3.18. The van der Waals surface area contributed by atoms with Crippen LogP contribution in [-0.2, 0) is 11.2 Å². The van der Waals surface area contributed by atoms with E-state index in [9.17, 15) is 18.4 Å². The zero-order valence-electron chi connectivity index (χ0n) is 16.3. The zero-order chi connectivity index (χ0) is 21.3. The summed E-state index contributed by atoms with van der Waals surface area (Å²) < 4.78 is 27.6. The Morgan fingerprint density at radius 2 is 1.97 bits per heavy atom. The van der Waals surface area contributed by atoms with Gasteiger partial charge in [0.25, 0.3) is 18.2 Å². The fourth-order valence-corrected chi connectivity index (χ4v) is 3.64. The van der Waals surface area contributed by atoms with Crippen LogP contribution in [0.4, 0.5) is 14.6 Å². The molecule has 1 unspecified atom stereocenters. The molecule has 154 valence electrons. The first-order valence-electron chi connectivity index (χ1n) is 9.62. The Morgan fingerprint density at radius 3 is 2.67 bits per heavy atom. The molecule has 0 radical (unpaired) electrons. The second-order valence-corrected chi connectivity index (χ2v) is 6.98. The van der Waals surface area contributed by atoms with Crippen LogP contribution in [0.2, 0.25) is 0 Å². The first-order valence-corrected chi connectivity index (χ1v) is 9.62. The number of likely N-dealkylation sites (N-methyl/N-ethyl adjacent to an activating group) is 1. The first kappa shape index (κ1) is 19.8. The largest absolute Gasteiger partial charge is 0.340 e. The highest BCUT2D eigenvalue weighted by atomic mass is 19.3. The number of para-hydroxylation sites is 1. The summed E-state index contributed by atoms with van der Waals surface area (Å²) in [6, 6.07) is 13.9. The van der Waals surface area contributed by atoms with Gasteiger partial charge in [0.2, 0.25) is 0 Å². The smallest absolute Gasteiger partial charge is 0.263 e. The average molecular weight is 410 g/mol. The number of fused-ring (bicyclic) bond motifs is 1. The summed E-state index contributed by atoms with van der Waals surface area (Å²) in [7, 11) is 0. The predicted molar refractivity (Wildman–Crippen MR) is 108 cm³/mol. The van der Waals surface area contributed by atoms with E-state index < -0.39 is 18.4 Å². The maximum atomic E-state index is 13.1. The van der Waals surface area contributed by atoms with E-state index in [4.69, 9.17) is 0 Å².